The lowest BCUT2D eigenvalue weighted by atomic mass is 9.95. The number of carbonyl (C=O) groups excluding carboxylic acids is 1. The number of aromatic nitrogens is 1. The third-order valence-corrected chi connectivity index (χ3v) is 6.77. The van der Waals surface area contributed by atoms with Crippen LogP contribution in [-0.4, -0.2) is 23.2 Å². The van der Waals surface area contributed by atoms with Crippen LogP contribution in [0.3, 0.4) is 0 Å². The quantitative estimate of drug-likeness (QED) is 0.436. The van der Waals surface area contributed by atoms with Crippen LogP contribution >= 0.6 is 27.3 Å². The second kappa shape index (κ2) is 10.1. The van der Waals surface area contributed by atoms with Crippen molar-refractivity contribution < 1.29 is 14.3 Å². The lowest BCUT2D eigenvalue weighted by Crippen LogP contribution is -2.40. The first kappa shape index (κ1) is 24.2. The Morgan fingerprint density at radius 1 is 1.21 bits per heavy atom. The van der Waals surface area contributed by atoms with Gasteiger partial charge in [0, 0.05) is 10.0 Å². The van der Waals surface area contributed by atoms with Gasteiger partial charge in [-0.3, -0.25) is 9.36 Å². The van der Waals surface area contributed by atoms with Crippen LogP contribution in [0.4, 0.5) is 0 Å². The summed E-state index contributed by atoms with van der Waals surface area (Å²) in [7, 11) is 0. The summed E-state index contributed by atoms with van der Waals surface area (Å²) in [5.74, 6) is 0.122. The number of nitrogens with zero attached hydrogens (tertiary/aromatic N) is 2. The highest BCUT2D eigenvalue weighted by Crippen LogP contribution is 2.36. The van der Waals surface area contributed by atoms with E-state index in [4.69, 9.17) is 9.47 Å². The van der Waals surface area contributed by atoms with E-state index in [0.29, 0.717) is 31.9 Å². The normalized spacial score (nSPS) is 15.8. The van der Waals surface area contributed by atoms with E-state index in [0.717, 1.165) is 10.0 Å². The predicted molar refractivity (Wildman–Crippen MR) is 137 cm³/mol. The van der Waals surface area contributed by atoms with E-state index in [-0.39, 0.29) is 18.3 Å². The van der Waals surface area contributed by atoms with Crippen molar-refractivity contribution in [2.75, 3.05) is 6.61 Å². The molecule has 2 heterocycles. The third-order valence-electron chi connectivity index (χ3n) is 5.26. The van der Waals surface area contributed by atoms with Crippen LogP contribution in [0.5, 0.6) is 5.75 Å². The predicted octanol–water partition coefficient (Wildman–Crippen LogP) is 4.35. The Balaban J connectivity index is 1.97. The number of esters is 1. The number of ether oxygens (including phenoxy) is 2. The molecule has 0 unspecified atom stereocenters. The van der Waals surface area contributed by atoms with E-state index in [1.807, 2.05) is 68.5 Å². The monoisotopic (exact) mass is 540 g/mol. The Labute approximate surface area is 210 Å². The molecular weight excluding hydrogens is 516 g/mol. The molecule has 4 rings (SSSR count). The zero-order valence-electron chi connectivity index (χ0n) is 19.4. The summed E-state index contributed by atoms with van der Waals surface area (Å²) in [5.41, 5.74) is 2.26. The zero-order valence-corrected chi connectivity index (χ0v) is 21.8. The van der Waals surface area contributed by atoms with E-state index < -0.39 is 12.0 Å². The molecular formula is C26H25BrN2O4S. The lowest BCUT2D eigenvalue weighted by Gasteiger charge is -2.26. The summed E-state index contributed by atoms with van der Waals surface area (Å²) >= 11 is 4.73. The maximum atomic E-state index is 13.7. The second-order valence-electron chi connectivity index (χ2n) is 8.06. The van der Waals surface area contributed by atoms with Gasteiger partial charge in [0.2, 0.25) is 0 Å². The molecule has 1 aromatic heterocycles. The molecule has 34 heavy (non-hydrogen) atoms. The number of hydrogen-bond acceptors (Lipinski definition) is 6. The van der Waals surface area contributed by atoms with Crippen LogP contribution in [0.25, 0.3) is 6.08 Å². The maximum Gasteiger partial charge on any atom is 0.338 e. The summed E-state index contributed by atoms with van der Waals surface area (Å²) in [6.07, 6.45) is 1.76. The Morgan fingerprint density at radius 2 is 1.91 bits per heavy atom. The van der Waals surface area contributed by atoms with E-state index >= 15 is 0 Å². The van der Waals surface area contributed by atoms with Crippen molar-refractivity contribution in [2.24, 2.45) is 4.99 Å². The van der Waals surface area contributed by atoms with Gasteiger partial charge in [0.1, 0.15) is 11.8 Å². The fraction of sp³-hybridized carbons (Fsp3) is 0.269. The Hall–Kier alpha value is -2.97. The fourth-order valence-corrected chi connectivity index (χ4v) is 5.17. The number of para-hydroxylation sites is 1. The van der Waals surface area contributed by atoms with Gasteiger partial charge in [0.05, 0.1) is 28.5 Å². The molecule has 3 aromatic rings. The van der Waals surface area contributed by atoms with Crippen molar-refractivity contribution in [3.05, 3.63) is 95.1 Å². The van der Waals surface area contributed by atoms with Crippen molar-refractivity contribution in [1.82, 2.24) is 4.57 Å². The molecule has 0 fully saturated rings. The smallest absolute Gasteiger partial charge is 0.338 e. The van der Waals surface area contributed by atoms with Crippen LogP contribution in [0.1, 0.15) is 44.9 Å². The summed E-state index contributed by atoms with van der Waals surface area (Å²) in [6.45, 7) is 7.63. The topological polar surface area (TPSA) is 69.9 Å². The summed E-state index contributed by atoms with van der Waals surface area (Å²) in [5, 5.41) is 0. The van der Waals surface area contributed by atoms with Gasteiger partial charge in [-0.1, -0.05) is 57.6 Å². The molecule has 176 valence electrons. The number of hydrogen-bond donors (Lipinski definition) is 0. The van der Waals surface area contributed by atoms with Gasteiger partial charge in [0.15, 0.2) is 4.80 Å². The van der Waals surface area contributed by atoms with Crippen molar-refractivity contribution in [3.63, 3.8) is 0 Å². The van der Waals surface area contributed by atoms with Crippen LogP contribution in [0.15, 0.2) is 74.1 Å². The Bertz CT molecular complexity index is 1430. The average molecular weight is 541 g/mol. The number of fused-ring (bicyclic) bond motifs is 1. The Morgan fingerprint density at radius 3 is 2.59 bits per heavy atom. The Kier molecular flexibility index (Phi) is 7.19. The molecule has 8 heteroatoms. The number of benzene rings is 2. The molecule has 1 aliphatic heterocycles. The first-order chi connectivity index (χ1) is 16.3. The zero-order chi connectivity index (χ0) is 24.4. The molecule has 0 radical (unpaired) electrons. The van der Waals surface area contributed by atoms with Gasteiger partial charge in [-0.05, 0) is 57.5 Å². The molecule has 0 saturated carbocycles. The van der Waals surface area contributed by atoms with Crippen LogP contribution in [0.2, 0.25) is 0 Å². The largest absolute Gasteiger partial charge is 0.491 e. The van der Waals surface area contributed by atoms with Gasteiger partial charge >= 0.3 is 5.97 Å². The first-order valence-electron chi connectivity index (χ1n) is 11.0. The van der Waals surface area contributed by atoms with Crippen molar-refractivity contribution in [2.45, 2.75) is 39.8 Å². The number of rotatable bonds is 6. The standard InChI is InChI=1S/C26H25BrN2O4S/c1-5-32-25(31)22-16(4)28-26-29(23(22)19-8-6-7-9-20(19)33-15(2)3)24(30)21(34-26)14-17-10-12-18(27)13-11-17/h6-15,23H,5H2,1-4H3/b21-14+/t23-/m0/s1. The highest BCUT2D eigenvalue weighted by atomic mass is 79.9. The highest BCUT2D eigenvalue weighted by Gasteiger charge is 2.35. The SMILES string of the molecule is CCOC(=O)C1=C(C)N=c2s/c(=C/c3ccc(Br)cc3)c(=O)n2[C@H]1c1ccccc1OC(C)C. The molecule has 0 N–H and O–H groups in total. The second-order valence-corrected chi connectivity index (χ2v) is 9.98. The fourth-order valence-electron chi connectivity index (χ4n) is 3.86. The average Bonchev–Trinajstić information content (AvgIpc) is 3.09. The summed E-state index contributed by atoms with van der Waals surface area (Å²) < 4.78 is 14.5. The van der Waals surface area contributed by atoms with Crippen LogP contribution in [-0.2, 0) is 9.53 Å². The van der Waals surface area contributed by atoms with E-state index in [9.17, 15) is 9.59 Å². The minimum absolute atomic E-state index is 0.0782. The number of carbonyl (C=O) groups is 1. The van der Waals surface area contributed by atoms with Crippen LogP contribution < -0.4 is 19.6 Å². The van der Waals surface area contributed by atoms with Crippen LogP contribution in [0, 0.1) is 0 Å². The molecule has 0 saturated heterocycles. The lowest BCUT2D eigenvalue weighted by molar-refractivity contribution is -0.139. The third kappa shape index (κ3) is 4.79. The van der Waals surface area contributed by atoms with Gasteiger partial charge in [-0.2, -0.15) is 0 Å². The van der Waals surface area contributed by atoms with E-state index in [1.165, 1.54) is 11.3 Å². The number of allylic oxidation sites excluding steroid dienone is 1. The van der Waals surface area contributed by atoms with Gasteiger partial charge in [-0.25, -0.2) is 9.79 Å². The molecule has 1 aliphatic rings. The first-order valence-corrected chi connectivity index (χ1v) is 12.6. The molecule has 0 aliphatic carbocycles. The minimum Gasteiger partial charge on any atom is -0.491 e. The van der Waals surface area contributed by atoms with Gasteiger partial charge < -0.3 is 9.47 Å². The van der Waals surface area contributed by atoms with Crippen molar-refractivity contribution in [3.8, 4) is 5.75 Å². The van der Waals surface area contributed by atoms with Crippen molar-refractivity contribution >= 4 is 39.3 Å². The van der Waals surface area contributed by atoms with Gasteiger partial charge in [0.25, 0.3) is 5.56 Å². The molecule has 6 nitrogen and oxygen atoms in total. The van der Waals surface area contributed by atoms with E-state index in [1.54, 1.807) is 18.4 Å². The molecule has 2 aromatic carbocycles. The summed E-state index contributed by atoms with van der Waals surface area (Å²) in [4.78, 5) is 31.9. The number of halogens is 1. The minimum atomic E-state index is -0.711. The summed E-state index contributed by atoms with van der Waals surface area (Å²) in [6, 6.07) is 14.5. The molecule has 1 atom stereocenters. The van der Waals surface area contributed by atoms with Gasteiger partial charge in [-0.15, -0.1) is 0 Å². The molecule has 0 bridgehead atoms. The molecule has 0 spiro atoms. The molecule has 0 amide bonds. The van der Waals surface area contributed by atoms with Crippen molar-refractivity contribution in [1.29, 1.82) is 0 Å². The highest BCUT2D eigenvalue weighted by molar-refractivity contribution is 9.10. The number of thiazole rings is 1. The maximum absolute atomic E-state index is 13.7. The van der Waals surface area contributed by atoms with E-state index in [2.05, 4.69) is 20.9 Å².